The molecular formula is C17H15FN8OS. The summed E-state index contributed by atoms with van der Waals surface area (Å²) < 4.78 is 21.0. The minimum absolute atomic E-state index is 0.138. The third-order valence-electron chi connectivity index (χ3n) is 3.79. The minimum Gasteiger partial charge on any atom is -0.411 e. The van der Waals surface area contributed by atoms with E-state index in [0.29, 0.717) is 29.2 Å². The number of nitrogens with zero attached hydrogens (tertiary/aromatic N) is 7. The second-order valence-corrected chi connectivity index (χ2v) is 6.80. The summed E-state index contributed by atoms with van der Waals surface area (Å²) in [7, 11) is 0. The lowest BCUT2D eigenvalue weighted by Crippen LogP contribution is -2.07. The smallest absolute Gasteiger partial charge is 0.277 e. The van der Waals surface area contributed by atoms with Gasteiger partial charge in [-0.05, 0) is 19.1 Å². The molecule has 28 heavy (non-hydrogen) atoms. The van der Waals surface area contributed by atoms with Crippen molar-refractivity contribution in [2.24, 2.45) is 0 Å². The van der Waals surface area contributed by atoms with Crippen molar-refractivity contribution in [2.45, 2.75) is 24.4 Å². The molecule has 9 nitrogen and oxygen atoms in total. The van der Waals surface area contributed by atoms with Crippen molar-refractivity contribution in [1.82, 2.24) is 35.2 Å². The van der Waals surface area contributed by atoms with E-state index >= 15 is 0 Å². The summed E-state index contributed by atoms with van der Waals surface area (Å²) >= 11 is 1.29. The first-order valence-corrected chi connectivity index (χ1v) is 9.25. The van der Waals surface area contributed by atoms with Crippen molar-refractivity contribution >= 4 is 17.6 Å². The second kappa shape index (κ2) is 7.72. The van der Waals surface area contributed by atoms with E-state index in [1.807, 2.05) is 0 Å². The fourth-order valence-electron chi connectivity index (χ4n) is 2.44. The molecule has 0 fully saturated rings. The Kier molecular flexibility index (Phi) is 4.98. The molecule has 0 saturated heterocycles. The van der Waals surface area contributed by atoms with Gasteiger partial charge in [-0.3, -0.25) is 0 Å². The Morgan fingerprint density at radius 2 is 2.07 bits per heavy atom. The summed E-state index contributed by atoms with van der Waals surface area (Å²) in [5.41, 5.74) is 7.66. The van der Waals surface area contributed by atoms with Crippen LogP contribution in [0.15, 0.2) is 46.3 Å². The predicted molar refractivity (Wildman–Crippen MR) is 99.6 cm³/mol. The number of nitrogens with two attached hydrogens (primary N) is 1. The molecule has 0 saturated carbocycles. The van der Waals surface area contributed by atoms with E-state index in [0.717, 1.165) is 11.3 Å². The molecule has 3 aromatic heterocycles. The molecule has 2 N–H and O–H groups in total. The van der Waals surface area contributed by atoms with Crippen molar-refractivity contribution in [1.29, 1.82) is 0 Å². The van der Waals surface area contributed by atoms with Crippen LogP contribution < -0.4 is 5.73 Å². The van der Waals surface area contributed by atoms with Gasteiger partial charge in [-0.15, -0.1) is 15.3 Å². The van der Waals surface area contributed by atoms with Crippen LogP contribution in [0.4, 0.5) is 10.2 Å². The molecule has 0 aliphatic heterocycles. The number of aryl methyl sites for hydroxylation is 1. The Morgan fingerprint density at radius 3 is 2.89 bits per heavy atom. The molecule has 0 unspecified atom stereocenters. The quantitative estimate of drug-likeness (QED) is 0.488. The van der Waals surface area contributed by atoms with E-state index in [-0.39, 0.29) is 11.5 Å². The number of hydrogen-bond donors (Lipinski definition) is 1. The van der Waals surface area contributed by atoms with Gasteiger partial charge in [0.05, 0.1) is 17.8 Å². The number of nitrogen functional groups attached to an aromatic ring is 1. The molecule has 3 heterocycles. The van der Waals surface area contributed by atoms with Crippen LogP contribution in [0.2, 0.25) is 0 Å². The number of rotatable bonds is 6. The number of hydrogen-bond acceptors (Lipinski definition) is 9. The van der Waals surface area contributed by atoms with E-state index in [1.165, 1.54) is 17.8 Å². The van der Waals surface area contributed by atoms with Gasteiger partial charge in [0.25, 0.3) is 11.1 Å². The Hall–Kier alpha value is -3.34. The topological polar surface area (TPSA) is 121 Å². The van der Waals surface area contributed by atoms with Gasteiger partial charge in [0.2, 0.25) is 0 Å². The van der Waals surface area contributed by atoms with Gasteiger partial charge in [0.15, 0.2) is 0 Å². The molecule has 1 aromatic carbocycles. The summed E-state index contributed by atoms with van der Waals surface area (Å²) in [5.74, 6) is 1.24. The van der Waals surface area contributed by atoms with Crippen molar-refractivity contribution in [3.05, 3.63) is 59.6 Å². The molecular weight excluding hydrogens is 383 g/mol. The van der Waals surface area contributed by atoms with E-state index in [1.54, 1.807) is 42.2 Å². The monoisotopic (exact) mass is 398 g/mol. The predicted octanol–water partition coefficient (Wildman–Crippen LogP) is 2.49. The minimum atomic E-state index is -0.412. The van der Waals surface area contributed by atoms with Gasteiger partial charge < -0.3 is 10.2 Å². The maximum atomic E-state index is 13.8. The third kappa shape index (κ3) is 3.98. The van der Waals surface area contributed by atoms with Gasteiger partial charge >= 0.3 is 0 Å². The highest BCUT2D eigenvalue weighted by atomic mass is 32.2. The molecule has 0 radical (unpaired) electrons. The lowest BCUT2D eigenvalue weighted by Gasteiger charge is -2.04. The van der Waals surface area contributed by atoms with Crippen LogP contribution in [0, 0.1) is 12.7 Å². The Bertz CT molecular complexity index is 1110. The van der Waals surface area contributed by atoms with Crippen LogP contribution in [0.3, 0.4) is 0 Å². The largest absolute Gasteiger partial charge is 0.411 e. The van der Waals surface area contributed by atoms with Gasteiger partial charge in [0, 0.05) is 23.7 Å². The molecule has 4 aromatic rings. The summed E-state index contributed by atoms with van der Waals surface area (Å²) in [6.45, 7) is 2.20. The van der Waals surface area contributed by atoms with Crippen LogP contribution in [-0.2, 0) is 12.3 Å². The molecule has 0 atom stereocenters. The van der Waals surface area contributed by atoms with Gasteiger partial charge in [-0.1, -0.05) is 29.1 Å². The average molecular weight is 398 g/mol. The van der Waals surface area contributed by atoms with Gasteiger partial charge in [0.1, 0.15) is 17.5 Å². The van der Waals surface area contributed by atoms with Crippen LogP contribution in [0.1, 0.15) is 17.1 Å². The number of halogens is 1. The van der Waals surface area contributed by atoms with Gasteiger partial charge in [-0.2, -0.15) is 0 Å². The first kappa shape index (κ1) is 18.0. The zero-order chi connectivity index (χ0) is 19.5. The Balaban J connectivity index is 1.39. The SMILES string of the molecule is Cc1ncc(Cn2cc(CSc3nnc(-c4ccccc4F)o3)nn2)c(N)n1. The summed E-state index contributed by atoms with van der Waals surface area (Å²) in [4.78, 5) is 8.27. The first-order valence-electron chi connectivity index (χ1n) is 8.26. The van der Waals surface area contributed by atoms with Crippen molar-refractivity contribution < 1.29 is 8.81 Å². The number of anilines is 1. The first-order chi connectivity index (χ1) is 13.6. The lowest BCUT2D eigenvalue weighted by molar-refractivity contribution is 0.462. The molecule has 0 aliphatic carbocycles. The maximum absolute atomic E-state index is 13.8. The average Bonchev–Trinajstić information content (AvgIpc) is 3.32. The fraction of sp³-hybridized carbons (Fsp3) is 0.176. The van der Waals surface area contributed by atoms with E-state index in [2.05, 4.69) is 30.5 Å². The number of aromatic nitrogens is 7. The normalized spacial score (nSPS) is 11.1. The Labute approximate surface area is 163 Å². The molecule has 4 rings (SSSR count). The van der Waals surface area contributed by atoms with E-state index in [4.69, 9.17) is 10.2 Å². The van der Waals surface area contributed by atoms with E-state index in [9.17, 15) is 4.39 Å². The number of thioether (sulfide) groups is 1. The third-order valence-corrected chi connectivity index (χ3v) is 4.64. The summed E-state index contributed by atoms with van der Waals surface area (Å²) in [6.07, 6.45) is 3.47. The van der Waals surface area contributed by atoms with Crippen LogP contribution in [0.25, 0.3) is 11.5 Å². The van der Waals surface area contributed by atoms with Crippen LogP contribution >= 0.6 is 11.8 Å². The molecule has 0 amide bonds. The van der Waals surface area contributed by atoms with Gasteiger partial charge in [-0.25, -0.2) is 19.0 Å². The standard InChI is InChI=1S/C17H15FN8OS/c1-10-20-6-11(15(19)21-10)7-26-8-12(22-25-26)9-28-17-24-23-16(27-17)13-4-2-3-5-14(13)18/h2-6,8H,7,9H2,1H3,(H2,19,20,21). The molecule has 0 aliphatic rings. The fourth-order valence-corrected chi connectivity index (χ4v) is 3.08. The second-order valence-electron chi connectivity index (χ2n) is 5.88. The molecule has 0 bridgehead atoms. The van der Waals surface area contributed by atoms with Crippen molar-refractivity contribution in [2.75, 3.05) is 5.73 Å². The highest BCUT2D eigenvalue weighted by Crippen LogP contribution is 2.26. The molecule has 142 valence electrons. The summed E-state index contributed by atoms with van der Waals surface area (Å²) in [6, 6.07) is 6.24. The zero-order valence-electron chi connectivity index (χ0n) is 14.8. The summed E-state index contributed by atoms with van der Waals surface area (Å²) in [5, 5.41) is 16.3. The van der Waals surface area contributed by atoms with Crippen LogP contribution in [-0.4, -0.2) is 35.2 Å². The number of benzene rings is 1. The lowest BCUT2D eigenvalue weighted by atomic mass is 10.2. The molecule has 0 spiro atoms. The van der Waals surface area contributed by atoms with Crippen LogP contribution in [0.5, 0.6) is 0 Å². The highest BCUT2D eigenvalue weighted by molar-refractivity contribution is 7.98. The maximum Gasteiger partial charge on any atom is 0.277 e. The van der Waals surface area contributed by atoms with Crippen molar-refractivity contribution in [3.63, 3.8) is 0 Å². The molecule has 11 heteroatoms. The van der Waals surface area contributed by atoms with E-state index < -0.39 is 5.82 Å². The zero-order valence-corrected chi connectivity index (χ0v) is 15.6. The van der Waals surface area contributed by atoms with Crippen molar-refractivity contribution in [3.8, 4) is 11.5 Å². The highest BCUT2D eigenvalue weighted by Gasteiger charge is 2.13. The Morgan fingerprint density at radius 1 is 1.21 bits per heavy atom.